The van der Waals surface area contributed by atoms with Gasteiger partial charge in [0.05, 0.1) is 12.0 Å². The summed E-state index contributed by atoms with van der Waals surface area (Å²) in [6, 6.07) is 9.40. The lowest BCUT2D eigenvalue weighted by molar-refractivity contribution is -0.139. The van der Waals surface area contributed by atoms with Gasteiger partial charge in [0.1, 0.15) is 0 Å². The molecule has 0 aliphatic rings. The Kier molecular flexibility index (Phi) is 3.48. The highest BCUT2D eigenvalue weighted by Gasteiger charge is 2.33. The van der Waals surface area contributed by atoms with Gasteiger partial charge in [-0.15, -0.1) is 0 Å². The van der Waals surface area contributed by atoms with Gasteiger partial charge in [-0.3, -0.25) is 4.79 Å². The van der Waals surface area contributed by atoms with Crippen LogP contribution in [0.25, 0.3) is 0 Å². The minimum Gasteiger partial charge on any atom is -0.481 e. The summed E-state index contributed by atoms with van der Waals surface area (Å²) < 4.78 is 0. The molecule has 1 aromatic carbocycles. The first-order valence-corrected chi connectivity index (χ1v) is 5.03. The molecule has 0 aromatic heterocycles. The van der Waals surface area contributed by atoms with Gasteiger partial charge in [-0.25, -0.2) is 0 Å². The molecule has 0 radical (unpaired) electrons. The van der Waals surface area contributed by atoms with E-state index in [1.807, 2.05) is 44.2 Å². The maximum Gasteiger partial charge on any atom is 0.305 e. The topological polar surface area (TPSA) is 63.3 Å². The molecule has 0 amide bonds. The average Bonchev–Trinajstić information content (AvgIpc) is 2.17. The zero-order valence-electron chi connectivity index (χ0n) is 9.10. The third-order valence-electron chi connectivity index (χ3n) is 2.79. The van der Waals surface area contributed by atoms with Crippen molar-refractivity contribution < 1.29 is 9.90 Å². The molecule has 1 atom stereocenters. The van der Waals surface area contributed by atoms with Crippen LogP contribution in [0.15, 0.2) is 30.3 Å². The molecule has 0 spiro atoms. The first-order chi connectivity index (χ1) is 6.97. The van der Waals surface area contributed by atoms with Crippen molar-refractivity contribution in [2.75, 3.05) is 0 Å². The zero-order valence-corrected chi connectivity index (χ0v) is 9.10. The van der Waals surface area contributed by atoms with Crippen molar-refractivity contribution >= 4 is 5.97 Å². The van der Waals surface area contributed by atoms with E-state index in [1.165, 1.54) is 0 Å². The van der Waals surface area contributed by atoms with Crippen LogP contribution in [0.5, 0.6) is 0 Å². The Labute approximate surface area is 89.9 Å². The van der Waals surface area contributed by atoms with E-state index >= 15 is 0 Å². The van der Waals surface area contributed by atoms with E-state index in [-0.39, 0.29) is 12.3 Å². The van der Waals surface area contributed by atoms with Crippen molar-refractivity contribution in [3.63, 3.8) is 0 Å². The third-order valence-corrected chi connectivity index (χ3v) is 2.79. The molecule has 0 bridgehead atoms. The number of nitrogens with two attached hydrogens (primary N) is 1. The predicted molar refractivity (Wildman–Crippen MR) is 59.4 cm³/mol. The lowest BCUT2D eigenvalue weighted by Crippen LogP contribution is -2.43. The maximum absolute atomic E-state index is 10.8. The lowest BCUT2D eigenvalue weighted by Gasteiger charge is -2.32. The Morgan fingerprint density at radius 1 is 1.40 bits per heavy atom. The second-order valence-electron chi connectivity index (χ2n) is 4.13. The fourth-order valence-corrected chi connectivity index (χ4v) is 1.64. The number of benzene rings is 1. The summed E-state index contributed by atoms with van der Waals surface area (Å²) in [4.78, 5) is 10.8. The Balaban J connectivity index is 3.07. The van der Waals surface area contributed by atoms with Crippen LogP contribution >= 0.6 is 0 Å². The van der Waals surface area contributed by atoms with Crippen LogP contribution in [0.1, 0.15) is 25.8 Å². The number of carboxylic acids is 1. The Hall–Kier alpha value is -1.35. The number of rotatable bonds is 4. The first kappa shape index (κ1) is 11.7. The minimum absolute atomic E-state index is 0.0469. The Bertz CT molecular complexity index is 335. The fraction of sp³-hybridized carbons (Fsp3) is 0.417. The summed E-state index contributed by atoms with van der Waals surface area (Å²) in [5, 5.41) is 8.88. The van der Waals surface area contributed by atoms with Crippen molar-refractivity contribution in [3.8, 4) is 0 Å². The van der Waals surface area contributed by atoms with Gasteiger partial charge in [0.15, 0.2) is 0 Å². The van der Waals surface area contributed by atoms with Gasteiger partial charge < -0.3 is 10.8 Å². The third kappa shape index (κ3) is 2.57. The van der Waals surface area contributed by atoms with Crippen LogP contribution in [0.4, 0.5) is 0 Å². The molecule has 0 saturated heterocycles. The molecule has 1 unspecified atom stereocenters. The summed E-state index contributed by atoms with van der Waals surface area (Å²) in [5.41, 5.74) is 6.27. The van der Waals surface area contributed by atoms with Crippen LogP contribution < -0.4 is 5.73 Å². The Morgan fingerprint density at radius 3 is 2.33 bits per heavy atom. The van der Waals surface area contributed by atoms with Crippen LogP contribution in [0.2, 0.25) is 0 Å². The van der Waals surface area contributed by atoms with Crippen LogP contribution in [0.3, 0.4) is 0 Å². The summed E-state index contributed by atoms with van der Waals surface area (Å²) >= 11 is 0. The maximum atomic E-state index is 10.8. The molecule has 82 valence electrons. The second kappa shape index (κ2) is 4.45. The van der Waals surface area contributed by atoms with Crippen LogP contribution in [0, 0.1) is 5.92 Å². The van der Waals surface area contributed by atoms with E-state index in [4.69, 9.17) is 10.8 Å². The standard InChI is InChI=1S/C12H17NO2/c1-9(2)12(13,8-11(14)15)10-6-4-3-5-7-10/h3-7,9H,8,13H2,1-2H3,(H,14,15). The average molecular weight is 207 g/mol. The number of carboxylic acid groups (broad SMARTS) is 1. The SMILES string of the molecule is CC(C)C(N)(CC(=O)O)c1ccccc1. The highest BCUT2D eigenvalue weighted by molar-refractivity contribution is 5.69. The molecule has 0 fully saturated rings. The van der Waals surface area contributed by atoms with Crippen molar-refractivity contribution in [2.24, 2.45) is 11.7 Å². The van der Waals surface area contributed by atoms with Crippen molar-refractivity contribution in [1.29, 1.82) is 0 Å². The van der Waals surface area contributed by atoms with Gasteiger partial charge in [-0.1, -0.05) is 44.2 Å². The van der Waals surface area contributed by atoms with E-state index in [2.05, 4.69) is 0 Å². The number of aliphatic carboxylic acids is 1. The van der Waals surface area contributed by atoms with Gasteiger partial charge in [0, 0.05) is 0 Å². The summed E-state index contributed by atoms with van der Waals surface area (Å²) in [7, 11) is 0. The largest absolute Gasteiger partial charge is 0.481 e. The van der Waals surface area contributed by atoms with Gasteiger partial charge in [0.2, 0.25) is 0 Å². The molecule has 0 aliphatic heterocycles. The summed E-state index contributed by atoms with van der Waals surface area (Å²) in [6.07, 6.45) is -0.0469. The van der Waals surface area contributed by atoms with E-state index in [0.29, 0.717) is 0 Å². The predicted octanol–water partition coefficient (Wildman–Crippen LogP) is 1.97. The zero-order chi connectivity index (χ0) is 11.5. The van der Waals surface area contributed by atoms with Gasteiger partial charge >= 0.3 is 5.97 Å². The minimum atomic E-state index is -0.866. The monoisotopic (exact) mass is 207 g/mol. The van der Waals surface area contributed by atoms with Gasteiger partial charge in [-0.05, 0) is 11.5 Å². The van der Waals surface area contributed by atoms with E-state index in [9.17, 15) is 4.79 Å². The van der Waals surface area contributed by atoms with Gasteiger partial charge in [0.25, 0.3) is 0 Å². The molecule has 3 heteroatoms. The molecule has 3 nitrogen and oxygen atoms in total. The summed E-state index contributed by atoms with van der Waals surface area (Å²) in [5.74, 6) is -0.786. The smallest absolute Gasteiger partial charge is 0.305 e. The molecule has 1 rings (SSSR count). The second-order valence-corrected chi connectivity index (χ2v) is 4.13. The first-order valence-electron chi connectivity index (χ1n) is 5.03. The van der Waals surface area contributed by atoms with E-state index in [1.54, 1.807) is 0 Å². The van der Waals surface area contributed by atoms with Gasteiger partial charge in [-0.2, -0.15) is 0 Å². The fourth-order valence-electron chi connectivity index (χ4n) is 1.64. The molecular formula is C12H17NO2. The number of carbonyl (C=O) groups is 1. The van der Waals surface area contributed by atoms with Crippen LogP contribution in [-0.4, -0.2) is 11.1 Å². The normalized spacial score (nSPS) is 14.9. The molecule has 3 N–H and O–H groups in total. The molecule has 1 aromatic rings. The summed E-state index contributed by atoms with van der Waals surface area (Å²) in [6.45, 7) is 3.88. The van der Waals surface area contributed by atoms with E-state index in [0.717, 1.165) is 5.56 Å². The molecule has 0 heterocycles. The molecule has 0 saturated carbocycles. The number of hydrogen-bond donors (Lipinski definition) is 2. The van der Waals surface area contributed by atoms with Crippen LogP contribution in [-0.2, 0) is 10.3 Å². The van der Waals surface area contributed by atoms with Crippen molar-refractivity contribution in [2.45, 2.75) is 25.8 Å². The highest BCUT2D eigenvalue weighted by atomic mass is 16.4. The van der Waals surface area contributed by atoms with Crippen molar-refractivity contribution in [3.05, 3.63) is 35.9 Å². The van der Waals surface area contributed by atoms with Crippen molar-refractivity contribution in [1.82, 2.24) is 0 Å². The Morgan fingerprint density at radius 2 is 1.93 bits per heavy atom. The number of hydrogen-bond acceptors (Lipinski definition) is 2. The molecule has 0 aliphatic carbocycles. The molecular weight excluding hydrogens is 190 g/mol. The molecule has 15 heavy (non-hydrogen) atoms. The lowest BCUT2D eigenvalue weighted by atomic mass is 9.78. The highest BCUT2D eigenvalue weighted by Crippen LogP contribution is 2.30. The quantitative estimate of drug-likeness (QED) is 0.793. The van der Waals surface area contributed by atoms with E-state index < -0.39 is 11.5 Å².